The highest BCUT2D eigenvalue weighted by molar-refractivity contribution is 5.81. The number of nitriles is 1. The number of hydrogen-bond acceptors (Lipinski definition) is 3. The van der Waals surface area contributed by atoms with Gasteiger partial charge in [0, 0.05) is 19.1 Å². The van der Waals surface area contributed by atoms with Crippen molar-refractivity contribution in [1.29, 1.82) is 5.26 Å². The molecule has 1 aliphatic rings. The molecule has 1 aliphatic heterocycles. The second kappa shape index (κ2) is 6.49. The third kappa shape index (κ3) is 3.82. The number of amides is 1. The van der Waals surface area contributed by atoms with Gasteiger partial charge in [0.25, 0.3) is 0 Å². The monoisotopic (exact) mass is 223 g/mol. The Kier molecular flexibility index (Phi) is 5.27. The number of hydrogen-bond donors (Lipinski definition) is 1. The number of carbonyl (C=O) groups excluding carboxylic acids is 1. The van der Waals surface area contributed by atoms with Gasteiger partial charge in [-0.15, -0.1) is 0 Å². The number of nitrogens with one attached hydrogen (secondary N) is 1. The molecule has 4 heteroatoms. The molecule has 0 aromatic carbocycles. The first kappa shape index (κ1) is 13.0. The molecule has 90 valence electrons. The highest BCUT2D eigenvalue weighted by atomic mass is 16.2. The van der Waals surface area contributed by atoms with E-state index < -0.39 is 0 Å². The second-order valence-electron chi connectivity index (χ2n) is 4.54. The van der Waals surface area contributed by atoms with Gasteiger partial charge in [0.1, 0.15) is 0 Å². The van der Waals surface area contributed by atoms with Gasteiger partial charge < -0.3 is 10.2 Å². The fraction of sp³-hybridized carbons (Fsp3) is 0.833. The number of carbonyl (C=O) groups is 1. The fourth-order valence-corrected chi connectivity index (χ4v) is 2.08. The molecule has 1 fully saturated rings. The minimum Gasteiger partial charge on any atom is -0.341 e. The highest BCUT2D eigenvalue weighted by Crippen LogP contribution is 2.10. The molecular weight excluding hydrogens is 202 g/mol. The van der Waals surface area contributed by atoms with Crippen molar-refractivity contribution in [3.8, 4) is 6.07 Å². The van der Waals surface area contributed by atoms with Gasteiger partial charge >= 0.3 is 0 Å². The van der Waals surface area contributed by atoms with E-state index in [1.54, 1.807) is 0 Å². The summed E-state index contributed by atoms with van der Waals surface area (Å²) in [6, 6.07) is 2.00. The summed E-state index contributed by atoms with van der Waals surface area (Å²) in [5.74, 6) is 0.171. The molecule has 0 aliphatic carbocycles. The van der Waals surface area contributed by atoms with Crippen LogP contribution in [-0.4, -0.2) is 36.0 Å². The summed E-state index contributed by atoms with van der Waals surface area (Å²) >= 11 is 0. The van der Waals surface area contributed by atoms with E-state index in [0.717, 1.165) is 25.9 Å². The van der Waals surface area contributed by atoms with Crippen LogP contribution in [0, 0.1) is 11.3 Å². The Hall–Kier alpha value is -1.08. The van der Waals surface area contributed by atoms with Crippen molar-refractivity contribution >= 4 is 5.91 Å². The third-order valence-corrected chi connectivity index (χ3v) is 2.97. The summed E-state index contributed by atoms with van der Waals surface area (Å²) in [5, 5.41) is 11.7. The standard InChI is InChI=1S/C12H21N3O/c1-10(6-7-13)14-11(2)12(16)15-8-4-3-5-9-15/h10-11,14H,3-6,8-9H2,1-2H3. The Balaban J connectivity index is 2.37. The van der Waals surface area contributed by atoms with Crippen molar-refractivity contribution < 1.29 is 4.79 Å². The van der Waals surface area contributed by atoms with Crippen molar-refractivity contribution in [3.63, 3.8) is 0 Å². The molecule has 16 heavy (non-hydrogen) atoms. The van der Waals surface area contributed by atoms with Crippen LogP contribution in [0.25, 0.3) is 0 Å². The van der Waals surface area contributed by atoms with E-state index in [4.69, 9.17) is 5.26 Å². The van der Waals surface area contributed by atoms with E-state index in [2.05, 4.69) is 11.4 Å². The van der Waals surface area contributed by atoms with E-state index in [-0.39, 0.29) is 18.0 Å². The first-order valence-electron chi connectivity index (χ1n) is 6.07. The summed E-state index contributed by atoms with van der Waals surface area (Å²) in [6.07, 6.45) is 3.91. The van der Waals surface area contributed by atoms with Crippen molar-refractivity contribution in [1.82, 2.24) is 10.2 Å². The largest absolute Gasteiger partial charge is 0.341 e. The van der Waals surface area contributed by atoms with Gasteiger partial charge in [-0.2, -0.15) is 5.26 Å². The summed E-state index contributed by atoms with van der Waals surface area (Å²) < 4.78 is 0. The maximum Gasteiger partial charge on any atom is 0.239 e. The summed E-state index contributed by atoms with van der Waals surface area (Å²) in [5.41, 5.74) is 0. The Morgan fingerprint density at radius 3 is 2.56 bits per heavy atom. The molecule has 4 nitrogen and oxygen atoms in total. The number of rotatable bonds is 4. The summed E-state index contributed by atoms with van der Waals surface area (Å²) in [6.45, 7) is 5.59. The van der Waals surface area contributed by atoms with Gasteiger partial charge in [-0.25, -0.2) is 0 Å². The van der Waals surface area contributed by atoms with Crippen LogP contribution in [-0.2, 0) is 4.79 Å². The zero-order valence-electron chi connectivity index (χ0n) is 10.2. The Morgan fingerprint density at radius 2 is 2.00 bits per heavy atom. The first-order chi connectivity index (χ1) is 7.65. The SMILES string of the molecule is CC(CC#N)NC(C)C(=O)N1CCCCC1. The van der Waals surface area contributed by atoms with Crippen LogP contribution in [0.2, 0.25) is 0 Å². The van der Waals surface area contributed by atoms with Gasteiger partial charge in [0.15, 0.2) is 0 Å². The van der Waals surface area contributed by atoms with Crippen molar-refractivity contribution in [3.05, 3.63) is 0 Å². The summed E-state index contributed by atoms with van der Waals surface area (Å²) in [7, 11) is 0. The average Bonchev–Trinajstić information content (AvgIpc) is 2.29. The van der Waals surface area contributed by atoms with Crippen LogP contribution in [0.5, 0.6) is 0 Å². The van der Waals surface area contributed by atoms with Crippen LogP contribution in [0.15, 0.2) is 0 Å². The predicted molar refractivity (Wildman–Crippen MR) is 62.7 cm³/mol. The highest BCUT2D eigenvalue weighted by Gasteiger charge is 2.22. The minimum atomic E-state index is -0.179. The van der Waals surface area contributed by atoms with Crippen molar-refractivity contribution in [2.45, 2.75) is 51.6 Å². The van der Waals surface area contributed by atoms with Crippen LogP contribution < -0.4 is 5.32 Å². The normalized spacial score (nSPS) is 19.9. The molecule has 1 rings (SSSR count). The fourth-order valence-electron chi connectivity index (χ4n) is 2.08. The van der Waals surface area contributed by atoms with Gasteiger partial charge in [-0.3, -0.25) is 4.79 Å². The molecule has 0 spiro atoms. The Bertz CT molecular complexity index is 266. The minimum absolute atomic E-state index is 0.0775. The Labute approximate surface area is 97.6 Å². The van der Waals surface area contributed by atoms with E-state index in [1.165, 1.54) is 6.42 Å². The zero-order valence-corrected chi connectivity index (χ0v) is 10.2. The molecule has 1 amide bonds. The topological polar surface area (TPSA) is 56.1 Å². The number of nitrogens with zero attached hydrogens (tertiary/aromatic N) is 2. The zero-order chi connectivity index (χ0) is 12.0. The maximum absolute atomic E-state index is 12.0. The smallest absolute Gasteiger partial charge is 0.239 e. The van der Waals surface area contributed by atoms with Crippen molar-refractivity contribution in [2.75, 3.05) is 13.1 Å². The molecule has 0 radical (unpaired) electrons. The van der Waals surface area contributed by atoms with Crippen LogP contribution in [0.1, 0.15) is 39.5 Å². The quantitative estimate of drug-likeness (QED) is 0.781. The molecule has 0 aromatic rings. The lowest BCUT2D eigenvalue weighted by Crippen LogP contribution is -2.49. The van der Waals surface area contributed by atoms with E-state index in [9.17, 15) is 4.79 Å². The predicted octanol–water partition coefficient (Wildman–Crippen LogP) is 1.28. The molecule has 1 heterocycles. The summed E-state index contributed by atoms with van der Waals surface area (Å²) in [4.78, 5) is 13.9. The van der Waals surface area contributed by atoms with Crippen LogP contribution in [0.4, 0.5) is 0 Å². The van der Waals surface area contributed by atoms with Crippen molar-refractivity contribution in [2.24, 2.45) is 0 Å². The molecule has 0 saturated carbocycles. The van der Waals surface area contributed by atoms with Gasteiger partial charge in [-0.1, -0.05) is 0 Å². The van der Waals surface area contributed by atoms with Gasteiger partial charge in [-0.05, 0) is 33.1 Å². The molecule has 2 atom stereocenters. The van der Waals surface area contributed by atoms with Crippen LogP contribution >= 0.6 is 0 Å². The molecular formula is C12H21N3O. The van der Waals surface area contributed by atoms with Gasteiger partial charge in [0.2, 0.25) is 5.91 Å². The third-order valence-electron chi connectivity index (χ3n) is 2.97. The second-order valence-corrected chi connectivity index (χ2v) is 4.54. The van der Waals surface area contributed by atoms with E-state index >= 15 is 0 Å². The average molecular weight is 223 g/mol. The number of piperidine rings is 1. The molecule has 0 aromatic heterocycles. The number of likely N-dealkylation sites (tertiary alicyclic amines) is 1. The molecule has 0 bridgehead atoms. The lowest BCUT2D eigenvalue weighted by atomic mass is 10.1. The maximum atomic E-state index is 12.0. The van der Waals surface area contributed by atoms with Gasteiger partial charge in [0.05, 0.1) is 18.5 Å². The molecule has 2 unspecified atom stereocenters. The van der Waals surface area contributed by atoms with Crippen LogP contribution in [0.3, 0.4) is 0 Å². The molecule has 1 saturated heterocycles. The lowest BCUT2D eigenvalue weighted by molar-refractivity contribution is -0.134. The first-order valence-corrected chi connectivity index (χ1v) is 6.07. The van der Waals surface area contributed by atoms with E-state index in [1.807, 2.05) is 18.7 Å². The molecule has 1 N–H and O–H groups in total. The van der Waals surface area contributed by atoms with E-state index in [0.29, 0.717) is 6.42 Å². The lowest BCUT2D eigenvalue weighted by Gasteiger charge is -2.30. The Morgan fingerprint density at radius 1 is 1.38 bits per heavy atom.